The molecular weight excluding hydrogens is 537 g/mol. The second-order valence-electron chi connectivity index (χ2n) is 9.42. The van der Waals surface area contributed by atoms with Crippen molar-refractivity contribution in [1.29, 1.82) is 0 Å². The van der Waals surface area contributed by atoms with Crippen molar-refractivity contribution in [2.45, 2.75) is 18.9 Å². The van der Waals surface area contributed by atoms with Gasteiger partial charge in [0.05, 0.1) is 35.0 Å². The molecule has 3 aromatic carbocycles. The molecule has 8 heteroatoms. The van der Waals surface area contributed by atoms with E-state index in [9.17, 15) is 9.90 Å². The number of rotatable bonds is 11. The van der Waals surface area contributed by atoms with Crippen LogP contribution in [0.5, 0.6) is 11.5 Å². The number of fused-ring (bicyclic) bond motifs is 1. The minimum atomic E-state index is -1.09. The first-order valence-electron chi connectivity index (χ1n) is 12.6. The Labute approximate surface area is 236 Å². The van der Waals surface area contributed by atoms with E-state index in [0.717, 1.165) is 35.0 Å². The van der Waals surface area contributed by atoms with Crippen LogP contribution in [0.4, 0.5) is 0 Å². The first kappa shape index (κ1) is 27.0. The number of hydrogen-bond acceptors (Lipinski definition) is 5. The number of pyridine rings is 1. The molecule has 1 fully saturated rings. The fourth-order valence-corrected chi connectivity index (χ4v) is 4.52. The number of benzene rings is 3. The van der Waals surface area contributed by atoms with E-state index in [0.29, 0.717) is 33.8 Å². The van der Waals surface area contributed by atoms with Crippen molar-refractivity contribution in [1.82, 2.24) is 4.98 Å². The summed E-state index contributed by atoms with van der Waals surface area (Å²) in [4.78, 5) is 16.4. The molecule has 1 aromatic heterocycles. The van der Waals surface area contributed by atoms with Crippen LogP contribution in [0.15, 0.2) is 66.7 Å². The zero-order valence-electron chi connectivity index (χ0n) is 21.3. The number of carboxylic acid groups (broad SMARTS) is 1. The van der Waals surface area contributed by atoms with E-state index >= 15 is 0 Å². The minimum Gasteiger partial charge on any atom is -0.497 e. The number of methoxy groups -OCH3 is 1. The number of aromatic carboxylic acids is 1. The van der Waals surface area contributed by atoms with Gasteiger partial charge < -0.3 is 19.3 Å². The number of carbonyl (C=O) groups is 1. The van der Waals surface area contributed by atoms with Gasteiger partial charge in [-0.2, -0.15) is 0 Å². The molecule has 0 aliphatic heterocycles. The van der Waals surface area contributed by atoms with Crippen molar-refractivity contribution >= 4 is 52.2 Å². The van der Waals surface area contributed by atoms with Gasteiger partial charge in [0.25, 0.3) is 0 Å². The highest BCUT2D eigenvalue weighted by Gasteiger charge is 2.25. The zero-order valence-corrected chi connectivity index (χ0v) is 22.8. The Bertz CT molecular complexity index is 1530. The van der Waals surface area contributed by atoms with E-state index in [1.54, 1.807) is 18.2 Å². The summed E-state index contributed by atoms with van der Waals surface area (Å²) in [5, 5.41) is 11.5. The van der Waals surface area contributed by atoms with Gasteiger partial charge in [0.2, 0.25) is 0 Å². The molecule has 1 atom stereocenters. The van der Waals surface area contributed by atoms with E-state index in [2.05, 4.69) is 4.98 Å². The molecule has 1 N–H and O–H groups in total. The summed E-state index contributed by atoms with van der Waals surface area (Å²) in [6.07, 6.45) is 5.84. The molecule has 1 heterocycles. The highest BCUT2D eigenvalue weighted by Crippen LogP contribution is 2.33. The Morgan fingerprint density at radius 2 is 1.90 bits per heavy atom. The Morgan fingerprint density at radius 1 is 1.08 bits per heavy atom. The summed E-state index contributed by atoms with van der Waals surface area (Å²) in [5.74, 6) is 0.190. The standard InChI is InChI=1S/C31H27Cl2NO5/c1-37-24-12-14-27(25(16-24)31(35)36)39-18-28(38-17-20-5-6-20)22-4-2-3-19(15-22)7-10-23-11-8-21-9-13-26(32)29(33)30(21)34-23/h2-4,7-16,20,28H,5-6,17-18H2,1H3,(H,35,36)/b10-7+. The monoisotopic (exact) mass is 563 g/mol. The van der Waals surface area contributed by atoms with E-state index in [4.69, 9.17) is 37.4 Å². The predicted octanol–water partition coefficient (Wildman–Crippen LogP) is 7.97. The number of hydrogen-bond donors (Lipinski definition) is 1. The zero-order chi connectivity index (χ0) is 27.4. The maximum Gasteiger partial charge on any atom is 0.339 e. The van der Waals surface area contributed by atoms with Crippen LogP contribution in [-0.4, -0.2) is 36.4 Å². The van der Waals surface area contributed by atoms with E-state index in [1.165, 1.54) is 13.2 Å². The molecule has 4 aromatic rings. The second kappa shape index (κ2) is 12.1. The predicted molar refractivity (Wildman–Crippen MR) is 154 cm³/mol. The summed E-state index contributed by atoms with van der Waals surface area (Å²) in [6.45, 7) is 0.796. The number of ether oxygens (including phenoxy) is 3. The smallest absolute Gasteiger partial charge is 0.339 e. The summed E-state index contributed by atoms with van der Waals surface area (Å²) in [7, 11) is 1.49. The van der Waals surface area contributed by atoms with Crippen LogP contribution in [0.25, 0.3) is 23.1 Å². The Hall–Kier alpha value is -3.58. The second-order valence-corrected chi connectivity index (χ2v) is 10.2. The summed E-state index contributed by atoms with van der Waals surface area (Å²) < 4.78 is 17.4. The van der Waals surface area contributed by atoms with Crippen LogP contribution in [0.1, 0.15) is 46.1 Å². The molecule has 5 rings (SSSR count). The number of nitrogens with zero attached hydrogens (tertiary/aromatic N) is 1. The Balaban J connectivity index is 1.36. The fraction of sp³-hybridized carbons (Fsp3) is 0.226. The van der Waals surface area contributed by atoms with Crippen LogP contribution < -0.4 is 9.47 Å². The highest BCUT2D eigenvalue weighted by atomic mass is 35.5. The minimum absolute atomic E-state index is 0.0382. The van der Waals surface area contributed by atoms with Crippen molar-refractivity contribution in [3.63, 3.8) is 0 Å². The van der Waals surface area contributed by atoms with Crippen molar-refractivity contribution in [2.24, 2.45) is 5.92 Å². The largest absolute Gasteiger partial charge is 0.497 e. The fourth-order valence-electron chi connectivity index (χ4n) is 4.15. The number of aromatic nitrogens is 1. The molecule has 0 spiro atoms. The molecule has 1 aliphatic carbocycles. The topological polar surface area (TPSA) is 77.9 Å². The Kier molecular flexibility index (Phi) is 8.36. The lowest BCUT2D eigenvalue weighted by atomic mass is 10.1. The lowest BCUT2D eigenvalue weighted by Gasteiger charge is -2.20. The van der Waals surface area contributed by atoms with Gasteiger partial charge in [-0.15, -0.1) is 0 Å². The van der Waals surface area contributed by atoms with Gasteiger partial charge >= 0.3 is 5.97 Å². The van der Waals surface area contributed by atoms with Gasteiger partial charge in [0.15, 0.2) is 0 Å². The molecular formula is C31H27Cl2NO5. The van der Waals surface area contributed by atoms with Crippen LogP contribution in [-0.2, 0) is 4.74 Å². The highest BCUT2D eigenvalue weighted by molar-refractivity contribution is 6.45. The first-order valence-corrected chi connectivity index (χ1v) is 13.4. The lowest BCUT2D eigenvalue weighted by molar-refractivity contribution is 0.0128. The third-order valence-electron chi connectivity index (χ3n) is 6.54. The Morgan fingerprint density at radius 3 is 2.67 bits per heavy atom. The number of halogens is 2. The molecule has 0 saturated heterocycles. The molecule has 200 valence electrons. The molecule has 39 heavy (non-hydrogen) atoms. The molecule has 6 nitrogen and oxygen atoms in total. The average Bonchev–Trinajstić information content (AvgIpc) is 3.79. The molecule has 1 unspecified atom stereocenters. The summed E-state index contributed by atoms with van der Waals surface area (Å²) in [5.41, 5.74) is 3.34. The molecule has 0 radical (unpaired) electrons. The van der Waals surface area contributed by atoms with Crippen molar-refractivity contribution in [3.8, 4) is 11.5 Å². The van der Waals surface area contributed by atoms with Crippen LogP contribution in [0.2, 0.25) is 10.0 Å². The van der Waals surface area contributed by atoms with Crippen LogP contribution in [0.3, 0.4) is 0 Å². The summed E-state index contributed by atoms with van der Waals surface area (Å²) >= 11 is 12.5. The normalized spacial score (nSPS) is 14.0. The molecule has 0 amide bonds. The van der Waals surface area contributed by atoms with E-state index < -0.39 is 5.97 Å². The number of carboxylic acids is 1. The van der Waals surface area contributed by atoms with Gasteiger partial charge in [-0.25, -0.2) is 9.78 Å². The maximum atomic E-state index is 11.8. The van der Waals surface area contributed by atoms with Gasteiger partial charge in [0.1, 0.15) is 29.8 Å². The van der Waals surface area contributed by atoms with Gasteiger partial charge in [0, 0.05) is 5.39 Å². The average molecular weight is 564 g/mol. The van der Waals surface area contributed by atoms with Gasteiger partial charge in [-0.05, 0) is 72.4 Å². The third kappa shape index (κ3) is 6.71. The third-order valence-corrected chi connectivity index (χ3v) is 7.34. The SMILES string of the molecule is COc1ccc(OCC(OCC2CC2)c2cccc(/C=C/c3ccc4ccc(Cl)c(Cl)c4n3)c2)c(C(=O)O)c1. The van der Waals surface area contributed by atoms with Gasteiger partial charge in [-0.3, -0.25) is 0 Å². The summed E-state index contributed by atoms with van der Waals surface area (Å²) in [6, 6.07) is 20.3. The van der Waals surface area contributed by atoms with Crippen molar-refractivity contribution in [2.75, 3.05) is 20.3 Å². The van der Waals surface area contributed by atoms with E-state index in [-0.39, 0.29) is 24.0 Å². The molecule has 1 aliphatic rings. The first-order chi connectivity index (χ1) is 18.9. The van der Waals surface area contributed by atoms with Crippen LogP contribution in [0, 0.1) is 5.92 Å². The maximum absolute atomic E-state index is 11.8. The molecule has 0 bridgehead atoms. The van der Waals surface area contributed by atoms with Crippen molar-refractivity contribution < 1.29 is 24.1 Å². The van der Waals surface area contributed by atoms with E-state index in [1.807, 2.05) is 54.6 Å². The van der Waals surface area contributed by atoms with Gasteiger partial charge in [-0.1, -0.05) is 59.6 Å². The molecule has 1 saturated carbocycles. The quantitative estimate of drug-likeness (QED) is 0.199. The van der Waals surface area contributed by atoms with Crippen LogP contribution >= 0.6 is 23.2 Å². The lowest BCUT2D eigenvalue weighted by Crippen LogP contribution is -2.16. The van der Waals surface area contributed by atoms with Crippen molar-refractivity contribution in [3.05, 3.63) is 99.2 Å².